The van der Waals surface area contributed by atoms with Crippen LogP contribution in [0.2, 0.25) is 0 Å². The zero-order valence-electron chi connectivity index (χ0n) is 29.5. The molecule has 270 valence electrons. The predicted molar refractivity (Wildman–Crippen MR) is 191 cm³/mol. The average molecular weight is 663 g/mol. The second-order valence-corrected chi connectivity index (χ2v) is 12.7. The Bertz CT molecular complexity index is 905. The second kappa shape index (κ2) is 32.0. The second-order valence-electron chi connectivity index (χ2n) is 12.7. The molecule has 47 heavy (non-hydrogen) atoms. The Hall–Kier alpha value is -2.52. The van der Waals surface area contributed by atoms with E-state index in [0.717, 1.165) is 31.6 Å². The molecule has 0 fully saturated rings. The Morgan fingerprint density at radius 1 is 0.596 bits per heavy atom. The van der Waals surface area contributed by atoms with Crippen LogP contribution in [-0.4, -0.2) is 70.0 Å². The first-order valence-corrected chi connectivity index (χ1v) is 18.0. The van der Waals surface area contributed by atoms with Gasteiger partial charge in [-0.25, -0.2) is 0 Å². The Labute approximate surface area is 285 Å². The Balaban J connectivity index is 3.84. The molecular formula is C39H66O8. The van der Waals surface area contributed by atoms with E-state index in [-0.39, 0.29) is 32.0 Å². The molecule has 0 saturated heterocycles. The minimum absolute atomic E-state index is 0.0279. The number of unbranched alkanes of at least 4 members (excludes halogenated alkanes) is 9. The number of ether oxygens (including phenoxy) is 2. The van der Waals surface area contributed by atoms with Gasteiger partial charge >= 0.3 is 11.9 Å². The molecule has 0 aromatic rings. The molecule has 0 aliphatic heterocycles. The molecule has 4 atom stereocenters. The Morgan fingerprint density at radius 3 is 1.64 bits per heavy atom. The molecule has 0 radical (unpaired) electrons. The van der Waals surface area contributed by atoms with E-state index in [0.29, 0.717) is 19.3 Å². The zero-order chi connectivity index (χ0) is 35.0. The third-order valence-electron chi connectivity index (χ3n) is 7.54. The van der Waals surface area contributed by atoms with E-state index in [1.165, 1.54) is 57.4 Å². The lowest BCUT2D eigenvalue weighted by Crippen LogP contribution is -2.26. The summed E-state index contributed by atoms with van der Waals surface area (Å²) in [5.41, 5.74) is 0. The van der Waals surface area contributed by atoms with Crippen molar-refractivity contribution in [3.8, 4) is 0 Å². The molecule has 0 unspecified atom stereocenters. The molecule has 8 heteroatoms. The van der Waals surface area contributed by atoms with Crippen LogP contribution < -0.4 is 0 Å². The van der Waals surface area contributed by atoms with E-state index in [1.54, 1.807) is 42.5 Å². The molecule has 0 aliphatic rings. The van der Waals surface area contributed by atoms with Gasteiger partial charge in [0.25, 0.3) is 0 Å². The van der Waals surface area contributed by atoms with Crippen LogP contribution in [0.5, 0.6) is 0 Å². The number of aliphatic hydroxyl groups is 4. The fourth-order valence-electron chi connectivity index (χ4n) is 4.67. The van der Waals surface area contributed by atoms with E-state index in [1.807, 2.05) is 19.1 Å². The summed E-state index contributed by atoms with van der Waals surface area (Å²) >= 11 is 0. The van der Waals surface area contributed by atoms with Gasteiger partial charge in [0, 0.05) is 12.8 Å². The van der Waals surface area contributed by atoms with Gasteiger partial charge in [0.05, 0.1) is 18.3 Å². The van der Waals surface area contributed by atoms with Crippen molar-refractivity contribution in [3.05, 3.63) is 60.8 Å². The monoisotopic (exact) mass is 662 g/mol. The van der Waals surface area contributed by atoms with Gasteiger partial charge in [0.1, 0.15) is 19.3 Å². The van der Waals surface area contributed by atoms with Gasteiger partial charge in [-0.1, -0.05) is 146 Å². The summed E-state index contributed by atoms with van der Waals surface area (Å²) in [6.07, 6.45) is 29.5. The van der Waals surface area contributed by atoms with Crippen molar-refractivity contribution in [1.82, 2.24) is 0 Å². The molecule has 0 bridgehead atoms. The van der Waals surface area contributed by atoms with Crippen LogP contribution in [0.4, 0.5) is 0 Å². The predicted octanol–water partition coefficient (Wildman–Crippen LogP) is 7.61. The maximum Gasteiger partial charge on any atom is 0.305 e. The van der Waals surface area contributed by atoms with Crippen LogP contribution in [0.3, 0.4) is 0 Å². The average Bonchev–Trinajstić information content (AvgIpc) is 3.04. The first-order chi connectivity index (χ1) is 22.6. The topological polar surface area (TPSA) is 134 Å². The molecule has 0 saturated carbocycles. The van der Waals surface area contributed by atoms with Gasteiger partial charge in [-0.05, 0) is 38.0 Å². The van der Waals surface area contributed by atoms with Crippen molar-refractivity contribution in [2.24, 2.45) is 5.92 Å². The number of hydrogen-bond acceptors (Lipinski definition) is 8. The first-order valence-electron chi connectivity index (χ1n) is 18.0. The summed E-state index contributed by atoms with van der Waals surface area (Å²) in [4.78, 5) is 23.9. The summed E-state index contributed by atoms with van der Waals surface area (Å²) in [6, 6.07) is 0. The fourth-order valence-corrected chi connectivity index (χ4v) is 4.67. The SMILES string of the molecule is CC/C=C\C[C@@H](O)/C=C/C=C/C=C\C=C/[C@H](O)[C@@H](O)CCCC(=O)OC[C@@H](O)COC(=O)CCCCCCCCCCCCC(C)C. The molecule has 0 aromatic carbocycles. The molecule has 0 aromatic heterocycles. The minimum atomic E-state index is -1.09. The smallest absolute Gasteiger partial charge is 0.305 e. The summed E-state index contributed by atoms with van der Waals surface area (Å²) in [7, 11) is 0. The van der Waals surface area contributed by atoms with Gasteiger partial charge < -0.3 is 29.9 Å². The number of esters is 2. The number of allylic oxidation sites excluding steroid dienone is 7. The van der Waals surface area contributed by atoms with Crippen LogP contribution in [0.15, 0.2) is 60.8 Å². The highest BCUT2D eigenvalue weighted by Crippen LogP contribution is 2.14. The molecule has 0 heterocycles. The molecule has 0 aliphatic carbocycles. The molecule has 4 N–H and O–H groups in total. The maximum atomic E-state index is 12.0. The number of rotatable bonds is 30. The van der Waals surface area contributed by atoms with E-state index in [9.17, 15) is 30.0 Å². The van der Waals surface area contributed by atoms with Crippen molar-refractivity contribution in [2.45, 2.75) is 154 Å². The van der Waals surface area contributed by atoms with Crippen molar-refractivity contribution < 1.29 is 39.5 Å². The normalized spacial score (nSPS) is 15.1. The molecule has 0 amide bonds. The van der Waals surface area contributed by atoms with Crippen molar-refractivity contribution >= 4 is 11.9 Å². The van der Waals surface area contributed by atoms with Crippen LogP contribution in [-0.2, 0) is 19.1 Å². The van der Waals surface area contributed by atoms with Gasteiger partial charge in [-0.3, -0.25) is 9.59 Å². The quantitative estimate of drug-likeness (QED) is 0.0267. The number of carbonyl (C=O) groups is 2. The van der Waals surface area contributed by atoms with E-state index >= 15 is 0 Å². The number of hydrogen-bond donors (Lipinski definition) is 4. The molecule has 8 nitrogen and oxygen atoms in total. The summed E-state index contributed by atoms with van der Waals surface area (Å²) in [5, 5.41) is 40.0. The van der Waals surface area contributed by atoms with Crippen molar-refractivity contribution in [3.63, 3.8) is 0 Å². The summed E-state index contributed by atoms with van der Waals surface area (Å²) in [6.45, 7) is 6.11. The largest absolute Gasteiger partial charge is 0.463 e. The van der Waals surface area contributed by atoms with Gasteiger partial charge in [0.15, 0.2) is 0 Å². The standard InChI is InChI=1S/C39H66O8/c1-4-5-18-25-34(40)26-20-15-12-13-16-21-27-36(42)37(43)28-23-30-39(45)47-32-35(41)31-46-38(44)29-22-17-11-9-7-6-8-10-14-19-24-33(2)3/h5,12-13,15-16,18,20-21,26-27,33-37,40-43H,4,6-11,14,17,19,22-25,28-32H2,1-3H3/b15-12+,16-13-,18-5-,26-20+,27-21-/t34-,35+,36+,37+/m1/s1. The molecule has 0 spiro atoms. The summed E-state index contributed by atoms with van der Waals surface area (Å²) < 4.78 is 10.1. The first kappa shape index (κ1) is 44.5. The maximum absolute atomic E-state index is 12.0. The Kier molecular flexibility index (Phi) is 30.3. The van der Waals surface area contributed by atoms with Crippen LogP contribution in [0.1, 0.15) is 130 Å². The lowest BCUT2D eigenvalue weighted by atomic mass is 10.0. The van der Waals surface area contributed by atoms with Gasteiger partial charge in [0.2, 0.25) is 0 Å². The van der Waals surface area contributed by atoms with Crippen LogP contribution >= 0.6 is 0 Å². The highest BCUT2D eigenvalue weighted by molar-refractivity contribution is 5.69. The van der Waals surface area contributed by atoms with E-state index < -0.39 is 30.4 Å². The van der Waals surface area contributed by atoms with Gasteiger partial charge in [-0.2, -0.15) is 0 Å². The molecular weight excluding hydrogens is 596 g/mol. The third kappa shape index (κ3) is 31.8. The van der Waals surface area contributed by atoms with E-state index in [4.69, 9.17) is 9.47 Å². The van der Waals surface area contributed by atoms with E-state index in [2.05, 4.69) is 13.8 Å². The lowest BCUT2D eigenvalue weighted by Gasteiger charge is -2.14. The summed E-state index contributed by atoms with van der Waals surface area (Å²) in [5.74, 6) is -0.0855. The highest BCUT2D eigenvalue weighted by Gasteiger charge is 2.15. The number of carbonyl (C=O) groups excluding carboxylic acids is 2. The highest BCUT2D eigenvalue weighted by atomic mass is 16.6. The fraction of sp³-hybridized carbons (Fsp3) is 0.692. The molecule has 0 rings (SSSR count). The van der Waals surface area contributed by atoms with Crippen LogP contribution in [0, 0.1) is 5.92 Å². The lowest BCUT2D eigenvalue weighted by molar-refractivity contribution is -0.152. The minimum Gasteiger partial charge on any atom is -0.463 e. The van der Waals surface area contributed by atoms with Crippen molar-refractivity contribution in [2.75, 3.05) is 13.2 Å². The van der Waals surface area contributed by atoms with Crippen LogP contribution in [0.25, 0.3) is 0 Å². The van der Waals surface area contributed by atoms with Crippen molar-refractivity contribution in [1.29, 1.82) is 0 Å². The Morgan fingerprint density at radius 2 is 1.09 bits per heavy atom. The number of aliphatic hydroxyl groups excluding tert-OH is 4. The zero-order valence-corrected chi connectivity index (χ0v) is 29.5. The van der Waals surface area contributed by atoms with Gasteiger partial charge in [-0.15, -0.1) is 0 Å². The third-order valence-corrected chi connectivity index (χ3v) is 7.54.